The van der Waals surface area contributed by atoms with Gasteiger partial charge in [-0.1, -0.05) is 127 Å². The van der Waals surface area contributed by atoms with E-state index < -0.39 is 15.3 Å². The van der Waals surface area contributed by atoms with Crippen LogP contribution in [0.5, 0.6) is 0 Å². The zero-order valence-corrected chi connectivity index (χ0v) is 26.6. The molecule has 6 aromatic carbocycles. The molecular weight excluding hydrogens is 624 g/mol. The Kier molecular flexibility index (Phi) is 5.17. The predicted octanol–water partition coefficient (Wildman–Crippen LogP) is 9.93. The Bertz CT molecular complexity index is 2350. The largest absolute Gasteiger partial charge is 0.218 e. The molecule has 6 aromatic rings. The molecule has 0 saturated carbocycles. The molecule has 0 fully saturated rings. The molecule has 2 aliphatic carbocycles. The Morgan fingerprint density at radius 1 is 0.455 bits per heavy atom. The average Bonchev–Trinajstić information content (AvgIpc) is 3.20. The van der Waals surface area contributed by atoms with Crippen molar-refractivity contribution in [2.45, 2.75) is 34.5 Å². The number of hydrogen-bond acceptors (Lipinski definition) is 2. The maximum Gasteiger partial charge on any atom is 0.207 e. The van der Waals surface area contributed by atoms with Crippen molar-refractivity contribution < 1.29 is 8.42 Å². The summed E-state index contributed by atoms with van der Waals surface area (Å²) in [7, 11) is -3.84. The molecule has 9 rings (SSSR count). The second-order valence-corrected chi connectivity index (χ2v) is 15.4. The van der Waals surface area contributed by atoms with Crippen LogP contribution in [0.25, 0.3) is 33.4 Å². The smallest absolute Gasteiger partial charge is 0.207 e. The van der Waals surface area contributed by atoms with E-state index in [-0.39, 0.29) is 5.41 Å². The average molecular weight is 652 g/mol. The molecule has 44 heavy (non-hydrogen) atoms. The highest BCUT2D eigenvalue weighted by molar-refractivity contribution is 9.10. The topological polar surface area (TPSA) is 34.1 Å². The van der Waals surface area contributed by atoms with Crippen LogP contribution in [-0.4, -0.2) is 8.42 Å². The predicted molar refractivity (Wildman–Crippen MR) is 180 cm³/mol. The number of hydrogen-bond donors (Lipinski definition) is 0. The Balaban J connectivity index is 1.56. The van der Waals surface area contributed by atoms with Crippen molar-refractivity contribution in [2.24, 2.45) is 0 Å². The lowest BCUT2D eigenvalue weighted by Gasteiger charge is -2.43. The highest BCUT2D eigenvalue weighted by Gasteiger charge is 2.53. The van der Waals surface area contributed by atoms with E-state index >= 15 is 0 Å². The molecule has 2 nitrogen and oxygen atoms in total. The zero-order valence-electron chi connectivity index (χ0n) is 24.2. The first-order valence-corrected chi connectivity index (χ1v) is 17.2. The number of fused-ring (bicyclic) bond motifs is 14. The molecule has 0 bridgehead atoms. The number of benzene rings is 6. The minimum Gasteiger partial charge on any atom is -0.218 e. The molecule has 0 aromatic heterocycles. The van der Waals surface area contributed by atoms with Gasteiger partial charge in [-0.3, -0.25) is 0 Å². The third-order valence-corrected chi connectivity index (χ3v) is 12.5. The van der Waals surface area contributed by atoms with Crippen LogP contribution in [0.15, 0.2) is 142 Å². The third-order valence-electron chi connectivity index (χ3n) is 10.2. The van der Waals surface area contributed by atoms with Crippen LogP contribution in [0.1, 0.15) is 47.2 Å². The van der Waals surface area contributed by atoms with Gasteiger partial charge in [-0.2, -0.15) is 0 Å². The number of rotatable bonds is 0. The highest BCUT2D eigenvalue weighted by Crippen LogP contribution is 2.62. The van der Waals surface area contributed by atoms with E-state index in [1.807, 2.05) is 24.3 Å². The van der Waals surface area contributed by atoms with Gasteiger partial charge in [0.05, 0.1) is 15.2 Å². The van der Waals surface area contributed by atoms with Crippen LogP contribution in [0.2, 0.25) is 0 Å². The lowest BCUT2D eigenvalue weighted by Crippen LogP contribution is -2.38. The van der Waals surface area contributed by atoms with Crippen LogP contribution < -0.4 is 0 Å². The monoisotopic (exact) mass is 650 g/mol. The zero-order chi connectivity index (χ0) is 30.0. The summed E-state index contributed by atoms with van der Waals surface area (Å²) in [6, 6.07) is 44.0. The van der Waals surface area contributed by atoms with Crippen molar-refractivity contribution in [3.63, 3.8) is 0 Å². The van der Waals surface area contributed by atoms with Crippen LogP contribution >= 0.6 is 15.9 Å². The van der Waals surface area contributed by atoms with Crippen molar-refractivity contribution in [3.05, 3.63) is 165 Å². The normalized spacial score (nSPS) is 19.0. The van der Waals surface area contributed by atoms with E-state index in [1.165, 1.54) is 11.1 Å². The van der Waals surface area contributed by atoms with E-state index in [1.54, 1.807) is 6.07 Å². The molecule has 1 aliphatic heterocycles. The van der Waals surface area contributed by atoms with E-state index in [0.717, 1.165) is 60.1 Å². The summed E-state index contributed by atoms with van der Waals surface area (Å²) in [5.74, 6) is 0. The molecule has 1 unspecified atom stereocenters. The van der Waals surface area contributed by atoms with Crippen molar-refractivity contribution >= 4 is 25.8 Å². The van der Waals surface area contributed by atoms with Crippen LogP contribution in [0, 0.1) is 0 Å². The Labute approximate surface area is 266 Å². The first-order valence-electron chi connectivity index (χ1n) is 14.9. The van der Waals surface area contributed by atoms with Crippen molar-refractivity contribution in [1.29, 1.82) is 0 Å². The van der Waals surface area contributed by atoms with Gasteiger partial charge in [0.2, 0.25) is 9.84 Å². The van der Waals surface area contributed by atoms with Gasteiger partial charge in [-0.15, -0.1) is 0 Å². The first kappa shape index (κ1) is 26.2. The number of sulfone groups is 1. The second-order valence-electron chi connectivity index (χ2n) is 12.6. The third kappa shape index (κ3) is 3.08. The quantitative estimate of drug-likeness (QED) is 0.164. The van der Waals surface area contributed by atoms with Crippen LogP contribution in [0.4, 0.5) is 0 Å². The van der Waals surface area contributed by atoms with Crippen molar-refractivity contribution in [2.75, 3.05) is 0 Å². The second kappa shape index (κ2) is 8.68. The number of halogens is 1. The molecule has 1 atom stereocenters. The Hall–Kier alpha value is -4.25. The standard InChI is InChI=1S/C40H27BrO2S/c1-39(2)31-15-7-5-14-28(31)30-22-36-38(23-34(30)39)44(42,43)37-18-10-9-17-33(37)40(36)32-16-8-6-13-27(32)25-11-3-4-12-26(25)29-20-19-24(41)21-35(29)40/h3-23H,1-2H3. The van der Waals surface area contributed by atoms with E-state index in [9.17, 15) is 8.42 Å². The van der Waals surface area contributed by atoms with Gasteiger partial charge in [0.25, 0.3) is 0 Å². The molecule has 0 N–H and O–H groups in total. The maximum absolute atomic E-state index is 14.8. The Morgan fingerprint density at radius 3 is 1.70 bits per heavy atom. The SMILES string of the molecule is CC1(C)c2ccccc2-c2cc3c(cc21)S(=O)(=O)c1ccccc1C31c2ccccc2-c2ccccc2-c2ccc(Br)cc21. The van der Waals surface area contributed by atoms with Crippen molar-refractivity contribution in [3.8, 4) is 33.4 Å². The molecule has 0 amide bonds. The molecule has 4 heteroatoms. The highest BCUT2D eigenvalue weighted by atomic mass is 79.9. The minimum absolute atomic E-state index is 0.334. The van der Waals surface area contributed by atoms with E-state index in [4.69, 9.17) is 0 Å². The van der Waals surface area contributed by atoms with Crippen LogP contribution in [0.3, 0.4) is 0 Å². The lowest BCUT2D eigenvalue weighted by atomic mass is 9.62. The molecule has 1 spiro atoms. The van der Waals surface area contributed by atoms with Crippen LogP contribution in [-0.2, 0) is 20.7 Å². The Morgan fingerprint density at radius 2 is 1.00 bits per heavy atom. The summed E-state index contributed by atoms with van der Waals surface area (Å²) < 4.78 is 30.5. The fraction of sp³-hybridized carbons (Fsp3) is 0.100. The molecular formula is C40H27BrO2S. The molecule has 0 radical (unpaired) electrons. The van der Waals surface area contributed by atoms with E-state index in [0.29, 0.717) is 9.79 Å². The summed E-state index contributed by atoms with van der Waals surface area (Å²) in [5, 5.41) is 0. The molecule has 212 valence electrons. The van der Waals surface area contributed by atoms with Gasteiger partial charge >= 0.3 is 0 Å². The summed E-state index contributed by atoms with van der Waals surface area (Å²) in [6.07, 6.45) is 0. The molecule has 1 heterocycles. The summed E-state index contributed by atoms with van der Waals surface area (Å²) >= 11 is 3.82. The minimum atomic E-state index is -3.84. The van der Waals surface area contributed by atoms with Gasteiger partial charge in [0.1, 0.15) is 0 Å². The van der Waals surface area contributed by atoms with Crippen molar-refractivity contribution in [1.82, 2.24) is 0 Å². The fourth-order valence-electron chi connectivity index (χ4n) is 8.30. The summed E-state index contributed by atoms with van der Waals surface area (Å²) in [6.45, 7) is 4.40. The van der Waals surface area contributed by atoms with Gasteiger partial charge in [-0.05, 0) is 97.1 Å². The maximum atomic E-state index is 14.8. The summed E-state index contributed by atoms with van der Waals surface area (Å²) in [4.78, 5) is 0.759. The van der Waals surface area contributed by atoms with Gasteiger partial charge in [0, 0.05) is 9.89 Å². The summed E-state index contributed by atoms with van der Waals surface area (Å²) in [5.41, 5.74) is 11.5. The molecule has 3 aliphatic rings. The van der Waals surface area contributed by atoms with Gasteiger partial charge in [0.15, 0.2) is 0 Å². The first-order chi connectivity index (χ1) is 21.3. The lowest BCUT2D eigenvalue weighted by molar-refractivity contribution is 0.577. The van der Waals surface area contributed by atoms with E-state index in [2.05, 4.69) is 127 Å². The van der Waals surface area contributed by atoms with Gasteiger partial charge < -0.3 is 0 Å². The fourth-order valence-corrected chi connectivity index (χ4v) is 10.4. The molecule has 0 saturated heterocycles. The van der Waals surface area contributed by atoms with Gasteiger partial charge in [-0.25, -0.2) is 8.42 Å².